The number of fused-ring (bicyclic) bond motifs is 1. The van der Waals surface area contributed by atoms with E-state index in [1.807, 2.05) is 18.2 Å². The smallest absolute Gasteiger partial charge is 0.324 e. The summed E-state index contributed by atoms with van der Waals surface area (Å²) in [5.41, 5.74) is 1.38. The van der Waals surface area contributed by atoms with Crippen molar-refractivity contribution in [3.05, 3.63) is 35.8 Å². The largest absolute Gasteiger partial charge is 0.497 e. The fourth-order valence-electron chi connectivity index (χ4n) is 3.42. The van der Waals surface area contributed by atoms with Crippen molar-refractivity contribution in [2.75, 3.05) is 40.4 Å². The van der Waals surface area contributed by atoms with Crippen molar-refractivity contribution >= 4 is 16.9 Å². The maximum Gasteiger partial charge on any atom is 0.324 e. The quantitative estimate of drug-likeness (QED) is 0.791. The fourth-order valence-corrected chi connectivity index (χ4v) is 3.42. The lowest BCUT2D eigenvalue weighted by molar-refractivity contribution is -0.147. The maximum atomic E-state index is 14.4. The number of rotatable bonds is 6. The number of hydrogen-bond donors (Lipinski definition) is 1. The third-order valence-electron chi connectivity index (χ3n) is 4.83. The molecular weight excluding hydrogens is 337 g/mol. The van der Waals surface area contributed by atoms with Crippen LogP contribution >= 0.6 is 0 Å². The zero-order valence-electron chi connectivity index (χ0n) is 15.1. The number of aryl methyl sites for hydroxylation is 1. The number of nitrogens with one attached hydrogen (secondary N) is 1. The van der Waals surface area contributed by atoms with Crippen molar-refractivity contribution in [2.24, 2.45) is 0 Å². The Labute approximate surface area is 152 Å². The molecule has 1 aromatic heterocycles. The highest BCUT2D eigenvalue weighted by Crippen LogP contribution is 2.25. The first-order chi connectivity index (χ1) is 12.6. The van der Waals surface area contributed by atoms with Crippen LogP contribution in [0.1, 0.15) is 12.0 Å². The van der Waals surface area contributed by atoms with E-state index in [4.69, 9.17) is 9.47 Å². The molecule has 1 saturated heterocycles. The van der Waals surface area contributed by atoms with Crippen molar-refractivity contribution in [3.63, 3.8) is 0 Å². The Morgan fingerprint density at radius 2 is 2.27 bits per heavy atom. The van der Waals surface area contributed by atoms with Gasteiger partial charge >= 0.3 is 5.97 Å². The molecule has 0 aliphatic carbocycles. The topological polar surface area (TPSA) is 63.7 Å². The third-order valence-corrected chi connectivity index (χ3v) is 4.83. The van der Waals surface area contributed by atoms with E-state index in [9.17, 15) is 9.18 Å². The Morgan fingerprint density at radius 3 is 3.04 bits per heavy atom. The van der Waals surface area contributed by atoms with Crippen LogP contribution in [0.25, 0.3) is 10.9 Å². The minimum atomic E-state index is -0.310. The molecule has 140 valence electrons. The SMILES string of the molecule is COC(=O)[C@H]1CNCCN1CCCc1c(F)cnc2ccc(OC)cc12. The second kappa shape index (κ2) is 8.42. The van der Waals surface area contributed by atoms with E-state index in [0.717, 1.165) is 30.4 Å². The van der Waals surface area contributed by atoms with Crippen molar-refractivity contribution in [3.8, 4) is 5.75 Å². The molecule has 1 N–H and O–H groups in total. The summed E-state index contributed by atoms with van der Waals surface area (Å²) in [7, 11) is 2.99. The fraction of sp³-hybridized carbons (Fsp3) is 0.474. The highest BCUT2D eigenvalue weighted by atomic mass is 19.1. The molecule has 0 saturated carbocycles. The number of pyridine rings is 1. The molecule has 1 fully saturated rings. The standard InChI is InChI=1S/C19H24FN3O3/c1-25-13-5-6-17-15(10-13)14(16(20)11-22-17)4-3-8-23-9-7-21-12-18(23)19(24)26-2/h5-6,10-11,18,21H,3-4,7-9,12H2,1-2H3/t18-/m1/s1. The number of ether oxygens (including phenoxy) is 2. The van der Waals surface area contributed by atoms with Gasteiger partial charge in [-0.3, -0.25) is 14.7 Å². The molecule has 0 unspecified atom stereocenters. The van der Waals surface area contributed by atoms with Gasteiger partial charge in [-0.2, -0.15) is 0 Å². The minimum Gasteiger partial charge on any atom is -0.497 e. The number of methoxy groups -OCH3 is 2. The van der Waals surface area contributed by atoms with Gasteiger partial charge in [0, 0.05) is 25.0 Å². The first-order valence-corrected chi connectivity index (χ1v) is 8.77. The van der Waals surface area contributed by atoms with Crippen LogP contribution in [0.4, 0.5) is 4.39 Å². The summed E-state index contributed by atoms with van der Waals surface area (Å²) in [4.78, 5) is 18.2. The molecule has 7 heteroatoms. The molecule has 1 aromatic carbocycles. The number of esters is 1. The summed E-state index contributed by atoms with van der Waals surface area (Å²) in [5.74, 6) is 0.136. The number of nitrogens with zero attached hydrogens (tertiary/aromatic N) is 2. The minimum absolute atomic E-state index is 0.234. The summed E-state index contributed by atoms with van der Waals surface area (Å²) in [6, 6.07) is 5.19. The number of piperazine rings is 1. The lowest BCUT2D eigenvalue weighted by Crippen LogP contribution is -2.55. The van der Waals surface area contributed by atoms with Gasteiger partial charge in [0.05, 0.1) is 25.9 Å². The van der Waals surface area contributed by atoms with Crippen LogP contribution in [0.3, 0.4) is 0 Å². The van der Waals surface area contributed by atoms with E-state index in [1.165, 1.54) is 13.3 Å². The second-order valence-corrected chi connectivity index (χ2v) is 6.35. The second-order valence-electron chi connectivity index (χ2n) is 6.35. The molecular formula is C19H24FN3O3. The Morgan fingerprint density at radius 1 is 1.42 bits per heavy atom. The van der Waals surface area contributed by atoms with E-state index in [0.29, 0.717) is 30.8 Å². The lowest BCUT2D eigenvalue weighted by Gasteiger charge is -2.34. The first-order valence-electron chi connectivity index (χ1n) is 8.77. The Hall–Kier alpha value is -2.25. The number of benzene rings is 1. The maximum absolute atomic E-state index is 14.4. The van der Waals surface area contributed by atoms with Gasteiger partial charge < -0.3 is 14.8 Å². The number of carbonyl (C=O) groups is 1. The number of hydrogen-bond acceptors (Lipinski definition) is 6. The third kappa shape index (κ3) is 3.94. The molecule has 0 spiro atoms. The van der Waals surface area contributed by atoms with E-state index in [2.05, 4.69) is 15.2 Å². The van der Waals surface area contributed by atoms with Gasteiger partial charge in [-0.15, -0.1) is 0 Å². The average Bonchev–Trinajstić information content (AvgIpc) is 2.69. The van der Waals surface area contributed by atoms with E-state index in [-0.39, 0.29) is 17.8 Å². The molecule has 0 amide bonds. The van der Waals surface area contributed by atoms with Gasteiger partial charge in [0.1, 0.15) is 17.6 Å². The lowest BCUT2D eigenvalue weighted by atomic mass is 10.0. The number of carbonyl (C=O) groups excluding carboxylic acids is 1. The molecule has 2 heterocycles. The Kier molecular flexibility index (Phi) is 6.00. The normalized spacial score (nSPS) is 18.0. The van der Waals surface area contributed by atoms with Crippen molar-refractivity contribution in [1.82, 2.24) is 15.2 Å². The van der Waals surface area contributed by atoms with Crippen molar-refractivity contribution < 1.29 is 18.7 Å². The van der Waals surface area contributed by atoms with Crippen LogP contribution in [0, 0.1) is 5.82 Å². The van der Waals surface area contributed by atoms with Gasteiger partial charge in [-0.25, -0.2) is 4.39 Å². The molecule has 2 aromatic rings. The van der Waals surface area contributed by atoms with Gasteiger partial charge in [-0.1, -0.05) is 0 Å². The molecule has 1 atom stereocenters. The van der Waals surface area contributed by atoms with Crippen LogP contribution in [-0.2, 0) is 16.0 Å². The van der Waals surface area contributed by atoms with Crippen LogP contribution < -0.4 is 10.1 Å². The highest BCUT2D eigenvalue weighted by Gasteiger charge is 2.28. The molecule has 3 rings (SSSR count). The average molecular weight is 361 g/mol. The van der Waals surface area contributed by atoms with E-state index >= 15 is 0 Å². The summed E-state index contributed by atoms with van der Waals surface area (Å²) < 4.78 is 24.5. The first kappa shape index (κ1) is 18.5. The predicted molar refractivity (Wildman–Crippen MR) is 96.8 cm³/mol. The summed E-state index contributed by atoms with van der Waals surface area (Å²) in [5, 5.41) is 3.98. The van der Waals surface area contributed by atoms with Crippen LogP contribution in [-0.4, -0.2) is 62.3 Å². The van der Waals surface area contributed by atoms with E-state index in [1.54, 1.807) is 7.11 Å². The molecule has 0 radical (unpaired) electrons. The number of halogens is 1. The van der Waals surface area contributed by atoms with E-state index < -0.39 is 0 Å². The molecule has 6 nitrogen and oxygen atoms in total. The van der Waals surface area contributed by atoms with Gasteiger partial charge in [0.25, 0.3) is 0 Å². The van der Waals surface area contributed by atoms with Crippen LogP contribution in [0.2, 0.25) is 0 Å². The van der Waals surface area contributed by atoms with Crippen molar-refractivity contribution in [1.29, 1.82) is 0 Å². The molecule has 1 aliphatic rings. The predicted octanol–water partition coefficient (Wildman–Crippen LogP) is 1.76. The van der Waals surface area contributed by atoms with Crippen LogP contribution in [0.5, 0.6) is 5.75 Å². The zero-order valence-corrected chi connectivity index (χ0v) is 15.1. The van der Waals surface area contributed by atoms with Gasteiger partial charge in [0.15, 0.2) is 0 Å². The Balaban J connectivity index is 1.73. The Bertz CT molecular complexity index is 784. The highest BCUT2D eigenvalue weighted by molar-refractivity contribution is 5.83. The molecule has 0 bridgehead atoms. The summed E-state index contributed by atoms with van der Waals surface area (Å²) in [6.07, 6.45) is 2.57. The summed E-state index contributed by atoms with van der Waals surface area (Å²) >= 11 is 0. The van der Waals surface area contributed by atoms with Gasteiger partial charge in [-0.05, 0) is 43.1 Å². The number of aromatic nitrogens is 1. The molecule has 26 heavy (non-hydrogen) atoms. The monoisotopic (exact) mass is 361 g/mol. The molecule has 1 aliphatic heterocycles. The van der Waals surface area contributed by atoms with Gasteiger partial charge in [0.2, 0.25) is 0 Å². The van der Waals surface area contributed by atoms with Crippen LogP contribution in [0.15, 0.2) is 24.4 Å². The van der Waals surface area contributed by atoms with Crippen molar-refractivity contribution in [2.45, 2.75) is 18.9 Å². The summed E-state index contributed by atoms with van der Waals surface area (Å²) in [6.45, 7) is 2.88. The zero-order chi connectivity index (χ0) is 18.5.